The van der Waals surface area contributed by atoms with Crippen molar-refractivity contribution >= 4 is 11.8 Å². The summed E-state index contributed by atoms with van der Waals surface area (Å²) in [5.41, 5.74) is 0. The second-order valence-corrected chi connectivity index (χ2v) is 4.24. The first-order valence-electron chi connectivity index (χ1n) is 6.40. The lowest BCUT2D eigenvalue weighted by Crippen LogP contribution is -2.00. The SMILES string of the molecule is CCCCCCCC(=O)c1ccc(C(=O)OC)o1. The Morgan fingerprint density at radius 3 is 2.44 bits per heavy atom. The molecule has 0 aliphatic heterocycles. The van der Waals surface area contributed by atoms with E-state index in [4.69, 9.17) is 4.42 Å². The molecular formula is C14H20O4. The van der Waals surface area contributed by atoms with Crippen molar-refractivity contribution in [2.75, 3.05) is 7.11 Å². The van der Waals surface area contributed by atoms with Crippen molar-refractivity contribution in [2.24, 2.45) is 0 Å². The van der Waals surface area contributed by atoms with Crippen molar-refractivity contribution in [1.82, 2.24) is 0 Å². The van der Waals surface area contributed by atoms with E-state index in [0.717, 1.165) is 19.3 Å². The molecule has 0 aliphatic rings. The summed E-state index contributed by atoms with van der Waals surface area (Å²) < 4.78 is 9.66. The van der Waals surface area contributed by atoms with Crippen molar-refractivity contribution in [2.45, 2.75) is 45.4 Å². The molecule has 1 aromatic rings. The van der Waals surface area contributed by atoms with Crippen molar-refractivity contribution in [1.29, 1.82) is 0 Å². The maximum atomic E-state index is 11.8. The molecule has 100 valence electrons. The largest absolute Gasteiger partial charge is 0.463 e. The number of esters is 1. The Morgan fingerprint density at radius 2 is 1.78 bits per heavy atom. The van der Waals surface area contributed by atoms with Crippen LogP contribution in [0.25, 0.3) is 0 Å². The molecule has 1 aromatic heterocycles. The van der Waals surface area contributed by atoms with Crippen LogP contribution in [-0.4, -0.2) is 18.9 Å². The molecule has 0 spiro atoms. The monoisotopic (exact) mass is 252 g/mol. The molecule has 0 aliphatic carbocycles. The van der Waals surface area contributed by atoms with Crippen LogP contribution in [0.15, 0.2) is 16.5 Å². The number of rotatable bonds is 8. The fraction of sp³-hybridized carbons (Fsp3) is 0.571. The Balaban J connectivity index is 2.37. The zero-order valence-corrected chi connectivity index (χ0v) is 11.0. The topological polar surface area (TPSA) is 56.5 Å². The van der Waals surface area contributed by atoms with Gasteiger partial charge in [-0.3, -0.25) is 4.79 Å². The number of carbonyl (C=O) groups excluding carboxylic acids is 2. The molecule has 0 bridgehead atoms. The number of ether oxygens (including phenoxy) is 1. The Morgan fingerprint density at radius 1 is 1.11 bits per heavy atom. The van der Waals surface area contributed by atoms with Crippen molar-refractivity contribution in [3.05, 3.63) is 23.7 Å². The number of unbranched alkanes of at least 4 members (excludes halogenated alkanes) is 4. The molecule has 0 aromatic carbocycles. The smallest absolute Gasteiger partial charge is 0.373 e. The second kappa shape index (κ2) is 7.69. The third kappa shape index (κ3) is 4.35. The molecule has 1 rings (SSSR count). The fourth-order valence-corrected chi connectivity index (χ4v) is 1.71. The minimum atomic E-state index is -0.558. The number of furan rings is 1. The van der Waals surface area contributed by atoms with E-state index in [0.29, 0.717) is 6.42 Å². The van der Waals surface area contributed by atoms with Gasteiger partial charge >= 0.3 is 5.97 Å². The lowest BCUT2D eigenvalue weighted by Gasteiger charge is -1.98. The van der Waals surface area contributed by atoms with Gasteiger partial charge in [0.1, 0.15) is 0 Å². The Kier molecular flexibility index (Phi) is 6.19. The molecule has 0 saturated heterocycles. The van der Waals surface area contributed by atoms with Gasteiger partial charge in [-0.05, 0) is 18.6 Å². The number of carbonyl (C=O) groups is 2. The highest BCUT2D eigenvalue weighted by molar-refractivity contribution is 5.95. The molecule has 4 heteroatoms. The Hall–Kier alpha value is -1.58. The molecular weight excluding hydrogens is 232 g/mol. The van der Waals surface area contributed by atoms with Crippen LogP contribution in [0.2, 0.25) is 0 Å². The first-order valence-corrected chi connectivity index (χ1v) is 6.40. The first kappa shape index (κ1) is 14.5. The summed E-state index contributed by atoms with van der Waals surface area (Å²) in [6, 6.07) is 3.00. The van der Waals surface area contributed by atoms with E-state index in [9.17, 15) is 9.59 Å². The molecule has 18 heavy (non-hydrogen) atoms. The molecule has 0 atom stereocenters. The van der Waals surface area contributed by atoms with E-state index in [1.807, 2.05) is 0 Å². The van der Waals surface area contributed by atoms with Gasteiger partial charge in [0, 0.05) is 6.42 Å². The van der Waals surface area contributed by atoms with Crippen molar-refractivity contribution in [3.8, 4) is 0 Å². The maximum absolute atomic E-state index is 11.8. The van der Waals surface area contributed by atoms with Crippen LogP contribution < -0.4 is 0 Å². The molecule has 1 heterocycles. The first-order chi connectivity index (χ1) is 8.69. The molecule has 0 radical (unpaired) electrons. The van der Waals surface area contributed by atoms with Gasteiger partial charge in [-0.25, -0.2) is 4.79 Å². The predicted octanol–water partition coefficient (Wildman–Crippen LogP) is 3.61. The van der Waals surface area contributed by atoms with E-state index in [1.54, 1.807) is 0 Å². The van der Waals surface area contributed by atoms with E-state index in [2.05, 4.69) is 11.7 Å². The summed E-state index contributed by atoms with van der Waals surface area (Å²) in [7, 11) is 1.28. The summed E-state index contributed by atoms with van der Waals surface area (Å²) in [5, 5.41) is 0. The Labute approximate surface area is 107 Å². The number of hydrogen-bond acceptors (Lipinski definition) is 4. The summed E-state index contributed by atoms with van der Waals surface area (Å²) in [5.74, 6) is -0.295. The second-order valence-electron chi connectivity index (χ2n) is 4.24. The third-order valence-corrected chi connectivity index (χ3v) is 2.77. The van der Waals surface area contributed by atoms with Gasteiger partial charge in [-0.15, -0.1) is 0 Å². The molecule has 0 amide bonds. The zero-order valence-electron chi connectivity index (χ0n) is 11.0. The maximum Gasteiger partial charge on any atom is 0.373 e. The normalized spacial score (nSPS) is 10.3. The van der Waals surface area contributed by atoms with Crippen LogP contribution in [0.5, 0.6) is 0 Å². The van der Waals surface area contributed by atoms with Gasteiger partial charge in [0.2, 0.25) is 5.76 Å². The number of Topliss-reactive ketones (excluding diaryl/α,β-unsaturated/α-hetero) is 1. The van der Waals surface area contributed by atoms with Gasteiger partial charge in [-0.1, -0.05) is 32.6 Å². The van der Waals surface area contributed by atoms with Crippen LogP contribution in [0.4, 0.5) is 0 Å². The average molecular weight is 252 g/mol. The van der Waals surface area contributed by atoms with Gasteiger partial charge in [0.25, 0.3) is 0 Å². The predicted molar refractivity (Wildman–Crippen MR) is 67.8 cm³/mol. The zero-order chi connectivity index (χ0) is 13.4. The quantitative estimate of drug-likeness (QED) is 0.403. The molecule has 0 unspecified atom stereocenters. The van der Waals surface area contributed by atoms with Crippen molar-refractivity contribution < 1.29 is 18.7 Å². The summed E-state index contributed by atoms with van der Waals surface area (Å²) in [4.78, 5) is 22.9. The van der Waals surface area contributed by atoms with E-state index >= 15 is 0 Å². The summed E-state index contributed by atoms with van der Waals surface area (Å²) in [6.45, 7) is 2.16. The van der Waals surface area contributed by atoms with Gasteiger partial charge in [0.05, 0.1) is 7.11 Å². The lowest BCUT2D eigenvalue weighted by molar-refractivity contribution is 0.0563. The molecule has 4 nitrogen and oxygen atoms in total. The number of methoxy groups -OCH3 is 1. The highest BCUT2D eigenvalue weighted by atomic mass is 16.5. The standard InChI is InChI=1S/C14H20O4/c1-3-4-5-6-7-8-11(15)12-9-10-13(18-12)14(16)17-2/h9-10H,3-8H2,1-2H3. The number of hydrogen-bond donors (Lipinski definition) is 0. The van der Waals surface area contributed by atoms with Crippen LogP contribution >= 0.6 is 0 Å². The van der Waals surface area contributed by atoms with Crippen LogP contribution in [0.1, 0.15) is 66.6 Å². The number of ketones is 1. The van der Waals surface area contributed by atoms with Crippen LogP contribution in [-0.2, 0) is 4.74 Å². The highest BCUT2D eigenvalue weighted by Crippen LogP contribution is 2.14. The van der Waals surface area contributed by atoms with E-state index in [1.165, 1.54) is 32.1 Å². The van der Waals surface area contributed by atoms with Gasteiger partial charge in [0.15, 0.2) is 11.5 Å². The highest BCUT2D eigenvalue weighted by Gasteiger charge is 2.15. The van der Waals surface area contributed by atoms with Crippen LogP contribution in [0, 0.1) is 0 Å². The molecule has 0 N–H and O–H groups in total. The average Bonchev–Trinajstić information content (AvgIpc) is 2.87. The van der Waals surface area contributed by atoms with Crippen molar-refractivity contribution in [3.63, 3.8) is 0 Å². The Bertz CT molecular complexity index is 392. The van der Waals surface area contributed by atoms with Gasteiger partial charge in [-0.2, -0.15) is 0 Å². The minimum Gasteiger partial charge on any atom is -0.463 e. The van der Waals surface area contributed by atoms with Gasteiger partial charge < -0.3 is 9.15 Å². The molecule has 0 saturated carbocycles. The summed E-state index contributed by atoms with van der Waals surface area (Å²) in [6.07, 6.45) is 5.96. The summed E-state index contributed by atoms with van der Waals surface area (Å²) >= 11 is 0. The fourth-order valence-electron chi connectivity index (χ4n) is 1.71. The third-order valence-electron chi connectivity index (χ3n) is 2.77. The van der Waals surface area contributed by atoms with E-state index < -0.39 is 5.97 Å². The van der Waals surface area contributed by atoms with Crippen LogP contribution in [0.3, 0.4) is 0 Å². The lowest BCUT2D eigenvalue weighted by atomic mass is 10.1. The molecule has 0 fully saturated rings. The van der Waals surface area contributed by atoms with E-state index in [-0.39, 0.29) is 17.3 Å². The minimum absolute atomic E-state index is 0.0540.